The molecule has 0 radical (unpaired) electrons. The molecule has 5 nitrogen and oxygen atoms in total. The van der Waals surface area contributed by atoms with E-state index in [9.17, 15) is 0 Å². The molecule has 0 saturated carbocycles. The number of hydrogen-bond donors (Lipinski definition) is 2. The lowest BCUT2D eigenvalue weighted by Gasteiger charge is -2.22. The van der Waals surface area contributed by atoms with Crippen molar-refractivity contribution in [3.8, 4) is 11.4 Å². The zero-order valence-corrected chi connectivity index (χ0v) is 15.9. The Morgan fingerprint density at radius 3 is 2.85 bits per heavy atom. The van der Waals surface area contributed by atoms with Crippen LogP contribution in [0.3, 0.4) is 0 Å². The van der Waals surface area contributed by atoms with Crippen LogP contribution < -0.4 is 16.0 Å². The molecule has 1 aromatic heterocycles. The van der Waals surface area contributed by atoms with Gasteiger partial charge in [-0.05, 0) is 42.7 Å². The Morgan fingerprint density at radius 1 is 1.27 bits per heavy atom. The van der Waals surface area contributed by atoms with Crippen LogP contribution >= 0.6 is 23.2 Å². The maximum atomic E-state index is 6.17. The molecule has 0 amide bonds. The predicted octanol–water partition coefficient (Wildman–Crippen LogP) is 3.22. The summed E-state index contributed by atoms with van der Waals surface area (Å²) < 4.78 is 0. The van der Waals surface area contributed by atoms with Crippen molar-refractivity contribution in [3.05, 3.63) is 46.1 Å². The van der Waals surface area contributed by atoms with Crippen molar-refractivity contribution in [1.82, 2.24) is 15.3 Å². The molecule has 136 valence electrons. The molecule has 26 heavy (non-hydrogen) atoms. The van der Waals surface area contributed by atoms with Crippen LogP contribution in [-0.4, -0.2) is 42.7 Å². The van der Waals surface area contributed by atoms with Crippen molar-refractivity contribution in [2.24, 2.45) is 11.7 Å². The highest BCUT2D eigenvalue weighted by atomic mass is 35.5. The molecule has 0 bridgehead atoms. The van der Waals surface area contributed by atoms with Gasteiger partial charge in [-0.1, -0.05) is 29.3 Å². The fraction of sp³-hybridized carbons (Fsp3) is 0.368. The van der Waals surface area contributed by atoms with Crippen LogP contribution in [0.4, 0.5) is 5.82 Å². The van der Waals surface area contributed by atoms with Gasteiger partial charge in [-0.25, -0.2) is 9.97 Å². The molecule has 2 aromatic rings. The molecule has 0 spiro atoms. The summed E-state index contributed by atoms with van der Waals surface area (Å²) in [4.78, 5) is 11.8. The first-order valence-corrected chi connectivity index (χ1v) is 9.59. The Morgan fingerprint density at radius 2 is 2.15 bits per heavy atom. The molecule has 1 atom stereocenters. The van der Waals surface area contributed by atoms with Crippen LogP contribution in [0.15, 0.2) is 30.5 Å². The largest absolute Gasteiger partial charge is 0.356 e. The summed E-state index contributed by atoms with van der Waals surface area (Å²) in [5, 5.41) is 4.38. The summed E-state index contributed by atoms with van der Waals surface area (Å²) in [5.74, 6) is 2.15. The minimum atomic E-state index is 0.505. The van der Waals surface area contributed by atoms with Gasteiger partial charge in [-0.15, -0.1) is 0 Å². The third-order valence-corrected chi connectivity index (χ3v) is 5.76. The third-order valence-electron chi connectivity index (χ3n) is 5.02. The molecule has 4 rings (SSSR count). The quantitative estimate of drug-likeness (QED) is 0.839. The maximum Gasteiger partial charge on any atom is 0.161 e. The third kappa shape index (κ3) is 3.45. The van der Waals surface area contributed by atoms with E-state index in [-0.39, 0.29) is 0 Å². The average Bonchev–Trinajstić information content (AvgIpc) is 3.35. The van der Waals surface area contributed by atoms with Gasteiger partial charge >= 0.3 is 0 Å². The van der Waals surface area contributed by atoms with Gasteiger partial charge in [0.1, 0.15) is 5.82 Å². The van der Waals surface area contributed by atoms with E-state index in [0.717, 1.165) is 49.5 Å². The monoisotopic (exact) mass is 389 g/mol. The molecule has 1 fully saturated rings. The molecular formula is C19H21Cl2N5. The molecule has 1 unspecified atom stereocenters. The van der Waals surface area contributed by atoms with Crippen LogP contribution in [0.5, 0.6) is 0 Å². The number of nitrogens with two attached hydrogens (primary N) is 1. The Bertz CT molecular complexity index is 852. The van der Waals surface area contributed by atoms with Crippen molar-refractivity contribution in [1.29, 1.82) is 0 Å². The summed E-state index contributed by atoms with van der Waals surface area (Å²) in [6, 6.07) is 5.49. The lowest BCUT2D eigenvalue weighted by molar-refractivity contribution is 0.602. The van der Waals surface area contributed by atoms with E-state index in [1.807, 2.05) is 18.3 Å². The number of aromatic nitrogens is 2. The molecule has 2 aliphatic rings. The van der Waals surface area contributed by atoms with E-state index < -0.39 is 0 Å². The van der Waals surface area contributed by atoms with E-state index in [1.165, 1.54) is 5.57 Å². The second-order valence-electron chi connectivity index (χ2n) is 6.76. The summed E-state index contributed by atoms with van der Waals surface area (Å²) in [7, 11) is 0. The predicted molar refractivity (Wildman–Crippen MR) is 108 cm³/mol. The first-order chi connectivity index (χ1) is 12.7. The summed E-state index contributed by atoms with van der Waals surface area (Å²) in [5.41, 5.74) is 9.08. The number of hydrogen-bond acceptors (Lipinski definition) is 5. The van der Waals surface area contributed by atoms with Crippen LogP contribution in [0.1, 0.15) is 12.0 Å². The van der Waals surface area contributed by atoms with Crippen molar-refractivity contribution < 1.29 is 0 Å². The molecule has 3 heterocycles. The van der Waals surface area contributed by atoms with Crippen LogP contribution in [0, 0.1) is 5.92 Å². The minimum absolute atomic E-state index is 0.505. The highest BCUT2D eigenvalue weighted by molar-refractivity contribution is 6.42. The van der Waals surface area contributed by atoms with Gasteiger partial charge in [0, 0.05) is 43.5 Å². The average molecular weight is 390 g/mol. The molecule has 3 N–H and O–H groups in total. The topological polar surface area (TPSA) is 67.1 Å². The fourth-order valence-corrected chi connectivity index (χ4v) is 3.81. The Balaban J connectivity index is 1.76. The standard InChI is InChI=1S/C19H21Cl2N5/c20-16-2-1-13(7-17(16)21)18-24-10-15(14-3-5-23-9-14)19(25-18)26-6-4-12(8-22)11-26/h1-3,7,10,12,23H,4-6,8-9,11,22H2. The molecule has 2 aliphatic heterocycles. The zero-order chi connectivity index (χ0) is 18.1. The number of nitrogens with zero attached hydrogens (tertiary/aromatic N) is 3. The van der Waals surface area contributed by atoms with Gasteiger partial charge in [0.25, 0.3) is 0 Å². The van der Waals surface area contributed by atoms with Crippen molar-refractivity contribution in [2.75, 3.05) is 37.6 Å². The van der Waals surface area contributed by atoms with E-state index in [2.05, 4.69) is 21.3 Å². The minimum Gasteiger partial charge on any atom is -0.356 e. The molecule has 1 saturated heterocycles. The summed E-state index contributed by atoms with van der Waals surface area (Å²) in [6.45, 7) is 4.33. The normalized spacial score (nSPS) is 19.9. The number of rotatable bonds is 4. The number of benzene rings is 1. The summed E-state index contributed by atoms with van der Waals surface area (Å²) >= 11 is 12.2. The highest BCUT2D eigenvalue weighted by Gasteiger charge is 2.26. The second kappa shape index (κ2) is 7.53. The van der Waals surface area contributed by atoms with Gasteiger partial charge in [-0.2, -0.15) is 0 Å². The Kier molecular flexibility index (Phi) is 5.14. The van der Waals surface area contributed by atoms with E-state index in [1.54, 1.807) is 6.07 Å². The number of nitrogens with one attached hydrogen (secondary N) is 1. The van der Waals surface area contributed by atoms with E-state index >= 15 is 0 Å². The molecule has 0 aliphatic carbocycles. The lowest BCUT2D eigenvalue weighted by atomic mass is 10.1. The maximum absolute atomic E-state index is 6.17. The Hall–Kier alpha value is -1.66. The van der Waals surface area contributed by atoms with Crippen LogP contribution in [0.2, 0.25) is 10.0 Å². The van der Waals surface area contributed by atoms with E-state index in [4.69, 9.17) is 33.9 Å². The van der Waals surface area contributed by atoms with Crippen LogP contribution in [-0.2, 0) is 0 Å². The van der Waals surface area contributed by atoms with Gasteiger partial charge < -0.3 is 16.0 Å². The van der Waals surface area contributed by atoms with Crippen molar-refractivity contribution in [3.63, 3.8) is 0 Å². The lowest BCUT2D eigenvalue weighted by Crippen LogP contribution is -2.25. The van der Waals surface area contributed by atoms with Gasteiger partial charge in [0.05, 0.1) is 10.0 Å². The fourth-order valence-electron chi connectivity index (χ4n) is 3.51. The molecule has 7 heteroatoms. The first-order valence-electron chi connectivity index (χ1n) is 8.83. The van der Waals surface area contributed by atoms with Crippen molar-refractivity contribution >= 4 is 34.6 Å². The number of anilines is 1. The SMILES string of the molecule is NCC1CCN(c2nc(-c3ccc(Cl)c(Cl)c3)ncc2C2=CCNC2)C1. The van der Waals surface area contributed by atoms with E-state index in [0.29, 0.717) is 28.3 Å². The molecular weight excluding hydrogens is 369 g/mol. The Labute approximate surface area is 163 Å². The highest BCUT2D eigenvalue weighted by Crippen LogP contribution is 2.33. The van der Waals surface area contributed by atoms with Gasteiger partial charge in [0.15, 0.2) is 5.82 Å². The second-order valence-corrected chi connectivity index (χ2v) is 7.57. The van der Waals surface area contributed by atoms with Crippen LogP contribution in [0.25, 0.3) is 17.0 Å². The van der Waals surface area contributed by atoms with Crippen molar-refractivity contribution in [2.45, 2.75) is 6.42 Å². The summed E-state index contributed by atoms with van der Waals surface area (Å²) in [6.07, 6.45) is 5.23. The number of halogens is 2. The molecule has 1 aromatic carbocycles. The van der Waals surface area contributed by atoms with Gasteiger partial charge in [0.2, 0.25) is 0 Å². The van der Waals surface area contributed by atoms with Gasteiger partial charge in [-0.3, -0.25) is 0 Å². The smallest absolute Gasteiger partial charge is 0.161 e. The zero-order valence-electron chi connectivity index (χ0n) is 14.4. The first kappa shape index (κ1) is 17.7.